The van der Waals surface area contributed by atoms with E-state index in [0.29, 0.717) is 22.9 Å². The van der Waals surface area contributed by atoms with Crippen LogP contribution >= 0.6 is 11.6 Å². The van der Waals surface area contributed by atoms with Crippen LogP contribution in [-0.2, 0) is 19.8 Å². The van der Waals surface area contributed by atoms with Gasteiger partial charge in [0.1, 0.15) is 12.4 Å². The first-order valence-corrected chi connectivity index (χ1v) is 6.63. The van der Waals surface area contributed by atoms with E-state index < -0.39 is 0 Å². The number of halogens is 1. The molecule has 0 saturated carbocycles. The lowest BCUT2D eigenvalue weighted by Crippen LogP contribution is -2.06. The normalized spacial score (nSPS) is 10.7. The van der Waals surface area contributed by atoms with E-state index in [1.54, 1.807) is 30.7 Å². The number of ether oxygens (including phenoxy) is 1. The fourth-order valence-electron chi connectivity index (χ4n) is 1.87. The minimum Gasteiger partial charge on any atom is -0.487 e. The number of imidazole rings is 1. The van der Waals surface area contributed by atoms with E-state index in [9.17, 15) is 5.11 Å². The molecule has 102 valence electrons. The quantitative estimate of drug-likeness (QED) is 0.885. The van der Waals surface area contributed by atoms with Gasteiger partial charge in [0, 0.05) is 17.1 Å². The Hall–Kier alpha value is -1.52. The number of rotatable bonds is 6. The molecule has 0 radical (unpaired) electrons. The van der Waals surface area contributed by atoms with Gasteiger partial charge in [-0.3, -0.25) is 0 Å². The summed E-state index contributed by atoms with van der Waals surface area (Å²) >= 11 is 5.88. The molecule has 1 N–H and O–H groups in total. The average molecular weight is 281 g/mol. The second-order valence-electron chi connectivity index (χ2n) is 4.28. The first kappa shape index (κ1) is 13.9. The van der Waals surface area contributed by atoms with Gasteiger partial charge in [0.05, 0.1) is 24.8 Å². The van der Waals surface area contributed by atoms with Gasteiger partial charge in [0.2, 0.25) is 0 Å². The molecule has 0 aliphatic heterocycles. The van der Waals surface area contributed by atoms with E-state index in [0.717, 1.165) is 18.7 Å². The molecular formula is C14H17ClN2O2. The number of aliphatic hydroxyl groups is 1. The van der Waals surface area contributed by atoms with Crippen molar-refractivity contribution in [3.05, 3.63) is 47.0 Å². The topological polar surface area (TPSA) is 47.3 Å². The molecule has 19 heavy (non-hydrogen) atoms. The van der Waals surface area contributed by atoms with E-state index in [4.69, 9.17) is 16.3 Å². The van der Waals surface area contributed by atoms with Gasteiger partial charge in [-0.1, -0.05) is 18.5 Å². The predicted octanol–water partition coefficient (Wildman–Crippen LogP) is 3.02. The first-order valence-electron chi connectivity index (χ1n) is 6.25. The van der Waals surface area contributed by atoms with Crippen LogP contribution in [0.4, 0.5) is 0 Å². The van der Waals surface area contributed by atoms with Gasteiger partial charge < -0.3 is 14.4 Å². The van der Waals surface area contributed by atoms with Crippen LogP contribution in [-0.4, -0.2) is 14.7 Å². The third kappa shape index (κ3) is 3.49. The number of aliphatic hydroxyl groups excluding tert-OH is 1. The number of aromatic nitrogens is 2. The molecule has 0 atom stereocenters. The fourth-order valence-corrected chi connectivity index (χ4v) is 2.07. The van der Waals surface area contributed by atoms with E-state index in [2.05, 4.69) is 16.5 Å². The highest BCUT2D eigenvalue weighted by molar-refractivity contribution is 6.30. The third-order valence-electron chi connectivity index (χ3n) is 2.83. The summed E-state index contributed by atoms with van der Waals surface area (Å²) in [6.07, 6.45) is 4.65. The Labute approximate surface area is 117 Å². The van der Waals surface area contributed by atoms with Crippen LogP contribution in [0.2, 0.25) is 5.02 Å². The summed E-state index contributed by atoms with van der Waals surface area (Å²) in [5.74, 6) is 0.649. The predicted molar refractivity (Wildman–Crippen MR) is 74.2 cm³/mol. The van der Waals surface area contributed by atoms with E-state index in [1.807, 2.05) is 0 Å². The molecule has 0 unspecified atom stereocenters. The summed E-state index contributed by atoms with van der Waals surface area (Å²) in [7, 11) is 0. The SMILES string of the molecule is CCCn1cncc1COc1ccc(Cl)cc1CO. The summed E-state index contributed by atoms with van der Waals surface area (Å²) < 4.78 is 7.80. The van der Waals surface area contributed by atoms with Crippen molar-refractivity contribution in [1.29, 1.82) is 0 Å². The minimum atomic E-state index is -0.0931. The Morgan fingerprint density at radius 2 is 2.26 bits per heavy atom. The van der Waals surface area contributed by atoms with Gasteiger partial charge in [-0.05, 0) is 24.6 Å². The maximum atomic E-state index is 9.28. The first-order chi connectivity index (χ1) is 9.24. The molecule has 1 aromatic heterocycles. The monoisotopic (exact) mass is 280 g/mol. The van der Waals surface area contributed by atoms with Crippen LogP contribution in [0, 0.1) is 0 Å². The van der Waals surface area contributed by atoms with Crippen LogP contribution in [0.3, 0.4) is 0 Å². The minimum absolute atomic E-state index is 0.0931. The molecule has 5 heteroatoms. The molecule has 4 nitrogen and oxygen atoms in total. The largest absolute Gasteiger partial charge is 0.487 e. The van der Waals surface area contributed by atoms with Crippen LogP contribution in [0.25, 0.3) is 0 Å². The Morgan fingerprint density at radius 1 is 1.42 bits per heavy atom. The highest BCUT2D eigenvalue weighted by atomic mass is 35.5. The maximum absolute atomic E-state index is 9.28. The number of nitrogens with zero attached hydrogens (tertiary/aromatic N) is 2. The molecule has 0 amide bonds. The van der Waals surface area contributed by atoms with Crippen molar-refractivity contribution >= 4 is 11.6 Å². The van der Waals surface area contributed by atoms with Crippen molar-refractivity contribution in [2.75, 3.05) is 0 Å². The van der Waals surface area contributed by atoms with Crippen molar-refractivity contribution in [3.63, 3.8) is 0 Å². The van der Waals surface area contributed by atoms with Crippen molar-refractivity contribution in [1.82, 2.24) is 9.55 Å². The zero-order chi connectivity index (χ0) is 13.7. The highest BCUT2D eigenvalue weighted by Gasteiger charge is 2.06. The van der Waals surface area contributed by atoms with Gasteiger partial charge in [-0.15, -0.1) is 0 Å². The molecule has 2 rings (SSSR count). The Kier molecular flexibility index (Phi) is 4.82. The van der Waals surface area contributed by atoms with Crippen molar-refractivity contribution in [2.24, 2.45) is 0 Å². The third-order valence-corrected chi connectivity index (χ3v) is 3.07. The number of hydrogen-bond donors (Lipinski definition) is 1. The molecule has 1 aromatic carbocycles. The molecule has 0 aliphatic rings. The van der Waals surface area contributed by atoms with Gasteiger partial charge >= 0.3 is 0 Å². The number of hydrogen-bond acceptors (Lipinski definition) is 3. The smallest absolute Gasteiger partial charge is 0.130 e. The van der Waals surface area contributed by atoms with Gasteiger partial charge in [-0.25, -0.2) is 4.98 Å². The Morgan fingerprint density at radius 3 is 3.00 bits per heavy atom. The van der Waals surface area contributed by atoms with Crippen molar-refractivity contribution in [2.45, 2.75) is 33.1 Å². The van der Waals surface area contributed by atoms with Crippen molar-refractivity contribution in [3.8, 4) is 5.75 Å². The molecule has 0 bridgehead atoms. The molecule has 1 heterocycles. The lowest BCUT2D eigenvalue weighted by Gasteiger charge is -2.11. The van der Waals surface area contributed by atoms with Crippen LogP contribution in [0.15, 0.2) is 30.7 Å². The molecule has 2 aromatic rings. The average Bonchev–Trinajstić information content (AvgIpc) is 2.85. The number of benzene rings is 1. The van der Waals surface area contributed by atoms with E-state index in [-0.39, 0.29) is 6.61 Å². The second kappa shape index (κ2) is 6.59. The molecule has 0 aliphatic carbocycles. The van der Waals surface area contributed by atoms with Gasteiger partial charge in [-0.2, -0.15) is 0 Å². The molecule has 0 fully saturated rings. The summed E-state index contributed by atoms with van der Waals surface area (Å²) in [5, 5.41) is 9.87. The highest BCUT2D eigenvalue weighted by Crippen LogP contribution is 2.23. The fraction of sp³-hybridized carbons (Fsp3) is 0.357. The Bertz CT molecular complexity index is 540. The number of aryl methyl sites for hydroxylation is 1. The second-order valence-corrected chi connectivity index (χ2v) is 4.71. The maximum Gasteiger partial charge on any atom is 0.130 e. The summed E-state index contributed by atoms with van der Waals surface area (Å²) in [6, 6.07) is 5.23. The molecule has 0 spiro atoms. The van der Waals surface area contributed by atoms with Crippen molar-refractivity contribution < 1.29 is 9.84 Å². The molecular weight excluding hydrogens is 264 g/mol. The lowest BCUT2D eigenvalue weighted by atomic mass is 10.2. The van der Waals surface area contributed by atoms with E-state index >= 15 is 0 Å². The summed E-state index contributed by atoms with van der Waals surface area (Å²) in [5.41, 5.74) is 1.70. The summed E-state index contributed by atoms with van der Waals surface area (Å²) in [6.45, 7) is 3.37. The zero-order valence-corrected chi connectivity index (χ0v) is 11.6. The Balaban J connectivity index is 2.07. The molecule has 0 saturated heterocycles. The standard InChI is InChI=1S/C14H17ClN2O2/c1-2-5-17-10-16-7-13(17)9-19-14-4-3-12(15)6-11(14)8-18/h3-4,6-7,10,18H,2,5,8-9H2,1H3. The van der Waals surface area contributed by atoms with Gasteiger partial charge in [0.25, 0.3) is 0 Å². The van der Waals surface area contributed by atoms with Crippen LogP contribution in [0.5, 0.6) is 5.75 Å². The van der Waals surface area contributed by atoms with Crippen LogP contribution < -0.4 is 4.74 Å². The van der Waals surface area contributed by atoms with E-state index in [1.165, 1.54) is 0 Å². The zero-order valence-electron chi connectivity index (χ0n) is 10.8. The lowest BCUT2D eigenvalue weighted by molar-refractivity contribution is 0.255. The van der Waals surface area contributed by atoms with Gasteiger partial charge in [0.15, 0.2) is 0 Å². The van der Waals surface area contributed by atoms with Crippen LogP contribution in [0.1, 0.15) is 24.6 Å². The summed E-state index contributed by atoms with van der Waals surface area (Å²) in [4.78, 5) is 4.12.